The molecule has 0 aliphatic rings. The van der Waals surface area contributed by atoms with E-state index in [1.807, 2.05) is 24.3 Å². The van der Waals surface area contributed by atoms with Crippen LogP contribution in [0.2, 0.25) is 0 Å². The van der Waals surface area contributed by atoms with Crippen LogP contribution in [0, 0.1) is 5.41 Å². The summed E-state index contributed by atoms with van der Waals surface area (Å²) >= 11 is 0. The molecule has 6 heteroatoms. The molecule has 0 radical (unpaired) electrons. The number of hydrogen-bond acceptors (Lipinski definition) is 4. The highest BCUT2D eigenvalue weighted by Gasteiger charge is 2.32. The first-order valence-corrected chi connectivity index (χ1v) is 7.66. The molecule has 0 heterocycles. The van der Waals surface area contributed by atoms with Crippen molar-refractivity contribution in [3.63, 3.8) is 0 Å². The molecule has 0 saturated heterocycles. The number of carbonyl (C=O) groups is 2. The van der Waals surface area contributed by atoms with Crippen LogP contribution in [-0.2, 0) is 20.7 Å². The van der Waals surface area contributed by atoms with Crippen molar-refractivity contribution >= 4 is 11.9 Å². The van der Waals surface area contributed by atoms with Crippen LogP contribution >= 0.6 is 0 Å². The standard InChI is InChI=1S/C18H25NO5/c1-5-10-24-12-14(16(20)21)19-17(22)18(2,3)11-13-8-6-7-9-15(13)23-4/h5-9,14H,1,10-12H2,2-4H3,(H,19,22)(H,20,21). The van der Waals surface area contributed by atoms with Gasteiger partial charge >= 0.3 is 5.97 Å². The molecule has 1 aromatic rings. The number of aliphatic carboxylic acids is 1. The third kappa shape index (κ3) is 5.70. The van der Waals surface area contributed by atoms with E-state index in [1.54, 1.807) is 21.0 Å². The number of amides is 1. The van der Waals surface area contributed by atoms with E-state index in [1.165, 1.54) is 6.08 Å². The zero-order valence-electron chi connectivity index (χ0n) is 14.4. The van der Waals surface area contributed by atoms with Gasteiger partial charge in [-0.1, -0.05) is 38.1 Å². The van der Waals surface area contributed by atoms with E-state index < -0.39 is 17.4 Å². The maximum atomic E-state index is 12.5. The Kier molecular flexibility index (Phi) is 7.45. The minimum atomic E-state index is -1.14. The lowest BCUT2D eigenvalue weighted by atomic mass is 9.84. The predicted octanol–water partition coefficient (Wildman–Crippen LogP) is 2.04. The number of methoxy groups -OCH3 is 1. The molecule has 1 aromatic carbocycles. The number of para-hydroxylation sites is 1. The van der Waals surface area contributed by atoms with Gasteiger partial charge in [0.25, 0.3) is 0 Å². The molecule has 0 spiro atoms. The molecule has 0 fully saturated rings. The summed E-state index contributed by atoms with van der Waals surface area (Å²) in [6, 6.07) is 6.33. The Morgan fingerprint density at radius 3 is 2.62 bits per heavy atom. The smallest absolute Gasteiger partial charge is 0.328 e. The van der Waals surface area contributed by atoms with Gasteiger partial charge in [0.15, 0.2) is 6.04 Å². The number of ether oxygens (including phenoxy) is 2. The summed E-state index contributed by atoms with van der Waals surface area (Å²) in [6.07, 6.45) is 1.94. The highest BCUT2D eigenvalue weighted by atomic mass is 16.5. The van der Waals surface area contributed by atoms with E-state index in [0.29, 0.717) is 12.2 Å². The van der Waals surface area contributed by atoms with Crippen LogP contribution in [0.1, 0.15) is 19.4 Å². The van der Waals surface area contributed by atoms with E-state index in [9.17, 15) is 14.7 Å². The van der Waals surface area contributed by atoms with Crippen LogP contribution in [0.4, 0.5) is 0 Å². The monoisotopic (exact) mass is 335 g/mol. The zero-order chi connectivity index (χ0) is 18.2. The van der Waals surface area contributed by atoms with Gasteiger partial charge in [0, 0.05) is 5.41 Å². The second kappa shape index (κ2) is 9.08. The minimum absolute atomic E-state index is 0.113. The van der Waals surface area contributed by atoms with Crippen molar-refractivity contribution in [1.82, 2.24) is 5.32 Å². The van der Waals surface area contributed by atoms with Gasteiger partial charge in [-0.25, -0.2) is 4.79 Å². The Labute approximate surface area is 142 Å². The Balaban J connectivity index is 2.78. The molecule has 1 unspecified atom stereocenters. The third-order valence-electron chi connectivity index (χ3n) is 3.56. The van der Waals surface area contributed by atoms with Crippen molar-refractivity contribution < 1.29 is 24.2 Å². The van der Waals surface area contributed by atoms with Crippen LogP contribution in [0.5, 0.6) is 5.75 Å². The number of carbonyl (C=O) groups excluding carboxylic acids is 1. The molecule has 24 heavy (non-hydrogen) atoms. The molecule has 1 rings (SSSR count). The lowest BCUT2D eigenvalue weighted by molar-refractivity contribution is -0.145. The van der Waals surface area contributed by atoms with Crippen molar-refractivity contribution in [3.8, 4) is 5.75 Å². The molecule has 0 aliphatic heterocycles. The second-order valence-corrected chi connectivity index (χ2v) is 6.06. The van der Waals surface area contributed by atoms with Crippen LogP contribution in [0.25, 0.3) is 0 Å². The molecule has 0 saturated carbocycles. The topological polar surface area (TPSA) is 84.9 Å². The molecule has 1 atom stereocenters. The number of rotatable bonds is 10. The third-order valence-corrected chi connectivity index (χ3v) is 3.56. The van der Waals surface area contributed by atoms with Gasteiger partial charge in [-0.15, -0.1) is 6.58 Å². The molecule has 0 bridgehead atoms. The number of carboxylic acid groups (broad SMARTS) is 1. The first-order chi connectivity index (χ1) is 11.3. The fraction of sp³-hybridized carbons (Fsp3) is 0.444. The molecule has 0 aliphatic carbocycles. The van der Waals surface area contributed by atoms with Crippen LogP contribution < -0.4 is 10.1 Å². The van der Waals surface area contributed by atoms with Gasteiger partial charge in [0.05, 0.1) is 20.3 Å². The molecule has 2 N–H and O–H groups in total. The number of benzene rings is 1. The van der Waals surface area contributed by atoms with E-state index in [-0.39, 0.29) is 19.1 Å². The quantitative estimate of drug-likeness (QED) is 0.505. The fourth-order valence-electron chi connectivity index (χ4n) is 2.20. The Morgan fingerprint density at radius 2 is 2.04 bits per heavy atom. The molecule has 1 amide bonds. The van der Waals surface area contributed by atoms with Crippen molar-refractivity contribution in [3.05, 3.63) is 42.5 Å². The van der Waals surface area contributed by atoms with Crippen molar-refractivity contribution in [1.29, 1.82) is 0 Å². The first-order valence-electron chi connectivity index (χ1n) is 7.66. The first kappa shape index (κ1) is 19.7. The SMILES string of the molecule is C=CCOCC(NC(=O)C(C)(C)Cc1ccccc1OC)C(=O)O. The summed E-state index contributed by atoms with van der Waals surface area (Å²) in [5.41, 5.74) is 0.0794. The lowest BCUT2D eigenvalue weighted by Crippen LogP contribution is -2.49. The average Bonchev–Trinajstić information content (AvgIpc) is 2.53. The minimum Gasteiger partial charge on any atom is -0.496 e. The van der Waals surface area contributed by atoms with Crippen molar-refractivity contribution in [2.24, 2.45) is 5.41 Å². The molecule has 6 nitrogen and oxygen atoms in total. The van der Waals surface area contributed by atoms with Gasteiger partial charge in [-0.3, -0.25) is 4.79 Å². The van der Waals surface area contributed by atoms with Crippen LogP contribution in [-0.4, -0.2) is 43.3 Å². The van der Waals surface area contributed by atoms with Gasteiger partial charge in [0.1, 0.15) is 5.75 Å². The number of hydrogen-bond donors (Lipinski definition) is 2. The van der Waals surface area contributed by atoms with E-state index in [2.05, 4.69) is 11.9 Å². The summed E-state index contributed by atoms with van der Waals surface area (Å²) in [6.45, 7) is 7.13. The highest BCUT2D eigenvalue weighted by molar-refractivity contribution is 5.87. The predicted molar refractivity (Wildman–Crippen MR) is 91.1 cm³/mol. The maximum absolute atomic E-state index is 12.5. The second-order valence-electron chi connectivity index (χ2n) is 6.06. The maximum Gasteiger partial charge on any atom is 0.328 e. The fourth-order valence-corrected chi connectivity index (χ4v) is 2.20. The van der Waals surface area contributed by atoms with E-state index in [0.717, 1.165) is 5.56 Å². The van der Waals surface area contributed by atoms with Crippen LogP contribution in [0.3, 0.4) is 0 Å². The average molecular weight is 335 g/mol. The lowest BCUT2D eigenvalue weighted by Gasteiger charge is -2.26. The van der Waals surface area contributed by atoms with Gasteiger partial charge in [-0.2, -0.15) is 0 Å². The van der Waals surface area contributed by atoms with Crippen molar-refractivity contribution in [2.75, 3.05) is 20.3 Å². The van der Waals surface area contributed by atoms with Gasteiger partial charge in [0.2, 0.25) is 5.91 Å². The van der Waals surface area contributed by atoms with Gasteiger partial charge < -0.3 is 19.9 Å². The zero-order valence-corrected chi connectivity index (χ0v) is 14.4. The molecule has 132 valence electrons. The Bertz CT molecular complexity index is 583. The largest absolute Gasteiger partial charge is 0.496 e. The number of nitrogens with one attached hydrogen (secondary N) is 1. The summed E-state index contributed by atoms with van der Waals surface area (Å²) in [5, 5.41) is 11.8. The number of carboxylic acids is 1. The highest BCUT2D eigenvalue weighted by Crippen LogP contribution is 2.28. The Morgan fingerprint density at radius 1 is 1.38 bits per heavy atom. The summed E-state index contributed by atoms with van der Waals surface area (Å²) in [4.78, 5) is 23.8. The summed E-state index contributed by atoms with van der Waals surface area (Å²) < 4.78 is 10.4. The molecular weight excluding hydrogens is 310 g/mol. The summed E-state index contributed by atoms with van der Waals surface area (Å²) in [5.74, 6) is -0.800. The molecular formula is C18H25NO5. The normalized spacial score (nSPS) is 12.3. The van der Waals surface area contributed by atoms with Gasteiger partial charge in [-0.05, 0) is 18.1 Å². The van der Waals surface area contributed by atoms with E-state index >= 15 is 0 Å². The molecule has 0 aromatic heterocycles. The van der Waals surface area contributed by atoms with Crippen molar-refractivity contribution in [2.45, 2.75) is 26.3 Å². The van der Waals surface area contributed by atoms with Crippen LogP contribution in [0.15, 0.2) is 36.9 Å². The Hall–Kier alpha value is -2.34. The summed E-state index contributed by atoms with van der Waals surface area (Å²) in [7, 11) is 1.57. The van der Waals surface area contributed by atoms with E-state index in [4.69, 9.17) is 9.47 Å².